The Labute approximate surface area is 124 Å². The summed E-state index contributed by atoms with van der Waals surface area (Å²) in [7, 11) is 1.70. The smallest absolute Gasteiger partial charge is 0.321 e. The zero-order chi connectivity index (χ0) is 15.4. The summed E-state index contributed by atoms with van der Waals surface area (Å²) < 4.78 is 5.22. The van der Waals surface area contributed by atoms with Crippen LogP contribution in [0.15, 0.2) is 22.8 Å². The molecule has 6 nitrogen and oxygen atoms in total. The number of likely N-dealkylation sites (tertiary alicyclic amines) is 1. The van der Waals surface area contributed by atoms with E-state index in [2.05, 4.69) is 0 Å². The average molecular weight is 294 g/mol. The number of carbonyl (C=O) groups is 2. The molecule has 116 valence electrons. The van der Waals surface area contributed by atoms with Crippen molar-refractivity contribution in [1.29, 1.82) is 0 Å². The predicted octanol–water partition coefficient (Wildman–Crippen LogP) is 1.42. The largest absolute Gasteiger partial charge is 0.480 e. The molecular weight excluding hydrogens is 272 g/mol. The quantitative estimate of drug-likeness (QED) is 0.889. The zero-order valence-electron chi connectivity index (χ0n) is 12.5. The van der Waals surface area contributed by atoms with Gasteiger partial charge < -0.3 is 14.4 Å². The van der Waals surface area contributed by atoms with Crippen LogP contribution in [0.5, 0.6) is 0 Å². The van der Waals surface area contributed by atoms with Gasteiger partial charge in [0.2, 0.25) is 5.91 Å². The average Bonchev–Trinajstić information content (AvgIpc) is 2.91. The maximum atomic E-state index is 12.3. The summed E-state index contributed by atoms with van der Waals surface area (Å²) >= 11 is 0. The van der Waals surface area contributed by atoms with E-state index >= 15 is 0 Å². The van der Waals surface area contributed by atoms with Gasteiger partial charge in [-0.15, -0.1) is 0 Å². The van der Waals surface area contributed by atoms with Crippen LogP contribution in [0.4, 0.5) is 0 Å². The predicted molar refractivity (Wildman–Crippen MR) is 76.6 cm³/mol. The Hall–Kier alpha value is -1.82. The highest BCUT2D eigenvalue weighted by atomic mass is 16.4. The number of carbonyl (C=O) groups excluding carboxylic acids is 1. The first kappa shape index (κ1) is 15.6. The van der Waals surface area contributed by atoms with Crippen LogP contribution in [-0.2, 0) is 16.1 Å². The summed E-state index contributed by atoms with van der Waals surface area (Å²) in [5.74, 6) is -0.150. The minimum absolute atomic E-state index is 0.0689. The Bertz CT molecular complexity index is 486. The van der Waals surface area contributed by atoms with Crippen LogP contribution >= 0.6 is 0 Å². The van der Waals surface area contributed by atoms with Gasteiger partial charge in [0.25, 0.3) is 0 Å². The van der Waals surface area contributed by atoms with E-state index in [1.165, 1.54) is 0 Å². The molecule has 1 amide bonds. The van der Waals surface area contributed by atoms with Gasteiger partial charge >= 0.3 is 5.97 Å². The Balaban J connectivity index is 1.95. The van der Waals surface area contributed by atoms with E-state index in [4.69, 9.17) is 4.42 Å². The minimum atomic E-state index is -0.844. The van der Waals surface area contributed by atoms with Crippen LogP contribution < -0.4 is 0 Å². The van der Waals surface area contributed by atoms with E-state index in [9.17, 15) is 14.7 Å². The van der Waals surface area contributed by atoms with E-state index in [1.54, 1.807) is 29.2 Å². The molecule has 0 saturated carbocycles. The van der Waals surface area contributed by atoms with Gasteiger partial charge in [0.15, 0.2) is 0 Å². The summed E-state index contributed by atoms with van der Waals surface area (Å²) in [4.78, 5) is 27.0. The first-order valence-electron chi connectivity index (χ1n) is 7.22. The molecule has 2 rings (SSSR count). The van der Waals surface area contributed by atoms with Crippen LogP contribution in [0.3, 0.4) is 0 Å². The molecular formula is C15H22N2O4. The van der Waals surface area contributed by atoms with E-state index in [0.717, 1.165) is 12.8 Å². The molecule has 1 N–H and O–H groups in total. The number of likely N-dealkylation sites (N-methyl/N-ethyl adjacent to an activating group) is 1. The van der Waals surface area contributed by atoms with Gasteiger partial charge in [0.05, 0.1) is 19.4 Å². The number of amides is 1. The molecule has 1 aliphatic rings. The summed E-state index contributed by atoms with van der Waals surface area (Å²) in [5.41, 5.74) is 0. The highest BCUT2D eigenvalue weighted by molar-refractivity contribution is 5.80. The third-order valence-corrected chi connectivity index (χ3v) is 4.03. The number of carboxylic acid groups (broad SMARTS) is 1. The first-order valence-corrected chi connectivity index (χ1v) is 7.22. The molecule has 0 aromatic carbocycles. The fourth-order valence-electron chi connectivity index (χ4n) is 2.87. The molecule has 1 saturated heterocycles. The lowest BCUT2D eigenvalue weighted by atomic mass is 9.91. The van der Waals surface area contributed by atoms with Gasteiger partial charge in [-0.1, -0.05) is 6.92 Å². The maximum absolute atomic E-state index is 12.3. The second-order valence-electron chi connectivity index (χ2n) is 5.70. The number of rotatable bonds is 5. The lowest BCUT2D eigenvalue weighted by Gasteiger charge is -2.37. The number of aliphatic carboxylic acids is 1. The second kappa shape index (κ2) is 6.76. The monoisotopic (exact) mass is 294 g/mol. The van der Waals surface area contributed by atoms with Crippen molar-refractivity contribution in [2.45, 2.75) is 32.4 Å². The molecule has 1 aliphatic heterocycles. The van der Waals surface area contributed by atoms with Crippen molar-refractivity contribution in [3.8, 4) is 0 Å². The van der Waals surface area contributed by atoms with Crippen molar-refractivity contribution in [3.05, 3.63) is 24.2 Å². The highest BCUT2D eigenvalue weighted by Gasteiger charge is 2.35. The van der Waals surface area contributed by atoms with Crippen LogP contribution in [0.1, 0.15) is 25.5 Å². The molecule has 1 aromatic rings. The van der Waals surface area contributed by atoms with E-state index in [1.807, 2.05) is 13.0 Å². The molecule has 0 radical (unpaired) electrons. The normalized spacial score (nSPS) is 23.0. The van der Waals surface area contributed by atoms with Crippen LogP contribution in [0, 0.1) is 5.92 Å². The Morgan fingerprint density at radius 2 is 2.29 bits per heavy atom. The molecule has 0 spiro atoms. The zero-order valence-corrected chi connectivity index (χ0v) is 12.5. The lowest BCUT2D eigenvalue weighted by Crippen LogP contribution is -2.52. The molecule has 0 aliphatic carbocycles. The Kier molecular flexibility index (Phi) is 5.01. The van der Waals surface area contributed by atoms with E-state index in [0.29, 0.717) is 18.8 Å². The molecule has 2 unspecified atom stereocenters. The maximum Gasteiger partial charge on any atom is 0.321 e. The highest BCUT2D eigenvalue weighted by Crippen LogP contribution is 2.23. The van der Waals surface area contributed by atoms with Gasteiger partial charge in [-0.05, 0) is 37.4 Å². The number of hydrogen-bond donors (Lipinski definition) is 1. The van der Waals surface area contributed by atoms with Crippen LogP contribution in [0.25, 0.3) is 0 Å². The van der Waals surface area contributed by atoms with Crippen molar-refractivity contribution in [3.63, 3.8) is 0 Å². The van der Waals surface area contributed by atoms with Gasteiger partial charge in [0, 0.05) is 7.05 Å². The van der Waals surface area contributed by atoms with Gasteiger partial charge in [0.1, 0.15) is 11.8 Å². The molecule has 1 fully saturated rings. The molecule has 1 aromatic heterocycles. The van der Waals surface area contributed by atoms with Crippen LogP contribution in [0.2, 0.25) is 0 Å². The number of furan rings is 1. The van der Waals surface area contributed by atoms with E-state index < -0.39 is 12.0 Å². The fourth-order valence-corrected chi connectivity index (χ4v) is 2.87. The Morgan fingerprint density at radius 1 is 1.52 bits per heavy atom. The molecule has 2 heterocycles. The summed E-state index contributed by atoms with van der Waals surface area (Å²) in [6.45, 7) is 3.12. The Morgan fingerprint density at radius 3 is 2.90 bits per heavy atom. The molecule has 6 heteroatoms. The topological polar surface area (TPSA) is 74.0 Å². The molecule has 21 heavy (non-hydrogen) atoms. The number of carboxylic acids is 1. The first-order chi connectivity index (χ1) is 9.99. The van der Waals surface area contributed by atoms with Crippen molar-refractivity contribution in [1.82, 2.24) is 9.80 Å². The summed E-state index contributed by atoms with van der Waals surface area (Å²) in [6.07, 6.45) is 3.39. The molecule has 0 bridgehead atoms. The number of hydrogen-bond acceptors (Lipinski definition) is 4. The fraction of sp³-hybridized carbons (Fsp3) is 0.600. The van der Waals surface area contributed by atoms with Crippen molar-refractivity contribution < 1.29 is 19.1 Å². The lowest BCUT2D eigenvalue weighted by molar-refractivity contribution is -0.148. The minimum Gasteiger partial charge on any atom is -0.480 e. The van der Waals surface area contributed by atoms with Crippen molar-refractivity contribution in [2.24, 2.45) is 5.92 Å². The number of piperidine rings is 1. The van der Waals surface area contributed by atoms with Gasteiger partial charge in [-0.25, -0.2) is 0 Å². The van der Waals surface area contributed by atoms with Crippen molar-refractivity contribution >= 4 is 11.9 Å². The number of nitrogens with zero attached hydrogens (tertiary/aromatic N) is 2. The molecule has 2 atom stereocenters. The third kappa shape index (κ3) is 3.85. The second-order valence-corrected chi connectivity index (χ2v) is 5.70. The van der Waals surface area contributed by atoms with Crippen LogP contribution in [-0.4, -0.2) is 53.0 Å². The van der Waals surface area contributed by atoms with Crippen molar-refractivity contribution in [2.75, 3.05) is 20.1 Å². The SMILES string of the molecule is CC1CCCN(CC(=O)N(C)Cc2ccco2)C1C(=O)O. The van der Waals surface area contributed by atoms with Gasteiger partial charge in [-0.2, -0.15) is 0 Å². The van der Waals surface area contributed by atoms with E-state index in [-0.39, 0.29) is 18.4 Å². The standard InChI is InChI=1S/C15H22N2O4/c1-11-5-3-7-17(14(11)15(19)20)10-13(18)16(2)9-12-6-4-8-21-12/h4,6,8,11,14H,3,5,7,9-10H2,1-2H3,(H,19,20). The third-order valence-electron chi connectivity index (χ3n) is 4.03. The van der Waals surface area contributed by atoms with Gasteiger partial charge in [-0.3, -0.25) is 14.5 Å². The summed E-state index contributed by atoms with van der Waals surface area (Å²) in [5, 5.41) is 9.36. The summed E-state index contributed by atoms with van der Waals surface area (Å²) in [6, 6.07) is 3.02.